The quantitative estimate of drug-likeness (QED) is 0.299. The van der Waals surface area contributed by atoms with Crippen LogP contribution in [0.3, 0.4) is 0 Å². The molecule has 33 heavy (non-hydrogen) atoms. The van der Waals surface area contributed by atoms with E-state index in [1.807, 2.05) is 71.3 Å². The molecule has 0 fully saturated rings. The molecule has 0 saturated carbocycles. The van der Waals surface area contributed by atoms with Crippen molar-refractivity contribution in [1.29, 1.82) is 0 Å². The number of benzene rings is 3. The first-order chi connectivity index (χ1) is 16.0. The van der Waals surface area contributed by atoms with Gasteiger partial charge in [0.05, 0.1) is 12.9 Å². The predicted molar refractivity (Wildman–Crippen MR) is 129 cm³/mol. The summed E-state index contributed by atoms with van der Waals surface area (Å²) in [6, 6.07) is 21.3. The van der Waals surface area contributed by atoms with Crippen LogP contribution in [-0.2, 0) is 11.2 Å². The molecule has 7 nitrogen and oxygen atoms in total. The van der Waals surface area contributed by atoms with Crippen molar-refractivity contribution < 1.29 is 14.3 Å². The van der Waals surface area contributed by atoms with Crippen LogP contribution < -0.4 is 10.1 Å². The molecule has 0 spiro atoms. The summed E-state index contributed by atoms with van der Waals surface area (Å²) in [5, 5.41) is 14.2. The number of hydrogen-bond donors (Lipinski definition) is 1. The van der Waals surface area contributed by atoms with Crippen LogP contribution in [0.5, 0.6) is 5.75 Å². The van der Waals surface area contributed by atoms with E-state index in [-0.39, 0.29) is 17.4 Å². The highest BCUT2D eigenvalue weighted by molar-refractivity contribution is 7.99. The molecule has 4 rings (SSSR count). The van der Waals surface area contributed by atoms with E-state index in [9.17, 15) is 9.59 Å². The van der Waals surface area contributed by atoms with Gasteiger partial charge in [-0.2, -0.15) is 0 Å². The monoisotopic (exact) mass is 460 g/mol. The summed E-state index contributed by atoms with van der Waals surface area (Å²) >= 11 is 1.34. The molecule has 0 aliphatic rings. The van der Waals surface area contributed by atoms with Gasteiger partial charge in [0.15, 0.2) is 10.9 Å². The first kappa shape index (κ1) is 22.5. The molecule has 0 aliphatic carbocycles. The number of aromatic nitrogens is 3. The number of ether oxygens (including phenoxy) is 1. The van der Waals surface area contributed by atoms with Crippen molar-refractivity contribution in [2.24, 2.45) is 0 Å². The lowest BCUT2D eigenvalue weighted by Crippen LogP contribution is -2.23. The van der Waals surface area contributed by atoms with Gasteiger partial charge in [-0.05, 0) is 41.1 Å². The van der Waals surface area contributed by atoms with Crippen LogP contribution in [-0.4, -0.2) is 45.9 Å². The largest absolute Gasteiger partial charge is 0.497 e. The summed E-state index contributed by atoms with van der Waals surface area (Å²) in [6.45, 7) is 1.93. The molecule has 0 bridgehead atoms. The number of rotatable bonds is 9. The lowest BCUT2D eigenvalue weighted by molar-refractivity contribution is -0.118. The molecular weight excluding hydrogens is 436 g/mol. The first-order valence-corrected chi connectivity index (χ1v) is 11.5. The van der Waals surface area contributed by atoms with E-state index in [0.717, 1.165) is 22.2 Å². The number of amides is 1. The Balaban J connectivity index is 1.55. The number of thioether (sulfide) groups is 1. The van der Waals surface area contributed by atoms with Gasteiger partial charge in [-0.3, -0.25) is 14.2 Å². The van der Waals surface area contributed by atoms with Crippen molar-refractivity contribution in [1.82, 2.24) is 20.1 Å². The van der Waals surface area contributed by atoms with Crippen molar-refractivity contribution in [3.05, 3.63) is 78.1 Å². The third kappa shape index (κ3) is 5.40. The summed E-state index contributed by atoms with van der Waals surface area (Å²) in [6.07, 6.45) is 0.512. The van der Waals surface area contributed by atoms with Crippen LogP contribution in [0.2, 0.25) is 0 Å². The number of nitrogens with zero attached hydrogens (tertiary/aromatic N) is 3. The number of Topliss-reactive ketones (excluding diaryl/α,β-unsaturated/α-hetero) is 1. The maximum atomic E-state index is 12.9. The average Bonchev–Trinajstić information content (AvgIpc) is 3.24. The first-order valence-electron chi connectivity index (χ1n) is 10.5. The zero-order valence-corrected chi connectivity index (χ0v) is 19.3. The number of ketones is 1. The van der Waals surface area contributed by atoms with Crippen molar-refractivity contribution in [2.75, 3.05) is 19.4 Å². The van der Waals surface area contributed by atoms with Crippen molar-refractivity contribution in [2.45, 2.75) is 18.5 Å². The zero-order valence-electron chi connectivity index (χ0n) is 18.4. The third-order valence-electron chi connectivity index (χ3n) is 5.16. The highest BCUT2D eigenvalue weighted by Crippen LogP contribution is 2.25. The molecule has 3 aromatic carbocycles. The number of fused-ring (bicyclic) bond motifs is 1. The number of carbonyl (C=O) groups is 2. The van der Waals surface area contributed by atoms with Gasteiger partial charge in [0.25, 0.3) is 0 Å². The van der Waals surface area contributed by atoms with Crippen LogP contribution in [0.25, 0.3) is 16.5 Å². The van der Waals surface area contributed by atoms with E-state index in [0.29, 0.717) is 29.5 Å². The fourth-order valence-corrected chi connectivity index (χ4v) is 4.34. The fourth-order valence-electron chi connectivity index (χ4n) is 3.47. The lowest BCUT2D eigenvalue weighted by atomic mass is 10.1. The molecule has 4 aromatic rings. The minimum atomic E-state index is -0.0962. The number of methoxy groups -OCH3 is 1. The summed E-state index contributed by atoms with van der Waals surface area (Å²) in [7, 11) is 1.62. The zero-order chi connectivity index (χ0) is 23.2. The molecular formula is C25H24N4O3S. The number of hydrogen-bond acceptors (Lipinski definition) is 6. The lowest BCUT2D eigenvalue weighted by Gasteiger charge is -2.11. The predicted octanol–water partition coefficient (Wildman–Crippen LogP) is 4.08. The van der Waals surface area contributed by atoms with Gasteiger partial charge >= 0.3 is 0 Å². The molecule has 168 valence electrons. The van der Waals surface area contributed by atoms with Crippen LogP contribution in [0.1, 0.15) is 23.1 Å². The van der Waals surface area contributed by atoms with E-state index < -0.39 is 0 Å². The van der Waals surface area contributed by atoms with Gasteiger partial charge in [-0.1, -0.05) is 48.2 Å². The van der Waals surface area contributed by atoms with Gasteiger partial charge in [0.2, 0.25) is 5.91 Å². The Kier molecular flexibility index (Phi) is 7.04. The van der Waals surface area contributed by atoms with Crippen LogP contribution in [0.15, 0.2) is 71.9 Å². The third-order valence-corrected chi connectivity index (χ3v) is 6.09. The van der Waals surface area contributed by atoms with Gasteiger partial charge in [0, 0.05) is 31.1 Å². The summed E-state index contributed by atoms with van der Waals surface area (Å²) in [5.41, 5.74) is 1.53. The molecule has 1 amide bonds. The summed E-state index contributed by atoms with van der Waals surface area (Å²) < 4.78 is 7.18. The molecule has 0 unspecified atom stereocenters. The van der Waals surface area contributed by atoms with E-state index in [4.69, 9.17) is 4.74 Å². The highest BCUT2D eigenvalue weighted by Gasteiger charge is 2.17. The van der Waals surface area contributed by atoms with E-state index in [2.05, 4.69) is 15.5 Å². The van der Waals surface area contributed by atoms with Crippen LogP contribution in [0, 0.1) is 0 Å². The molecule has 0 radical (unpaired) electrons. The Labute approximate surface area is 196 Å². The van der Waals surface area contributed by atoms with Gasteiger partial charge < -0.3 is 10.1 Å². The Hall–Kier alpha value is -3.65. The van der Waals surface area contributed by atoms with E-state index in [1.54, 1.807) is 7.11 Å². The Morgan fingerprint density at radius 3 is 2.48 bits per heavy atom. The average molecular weight is 461 g/mol. The normalized spacial score (nSPS) is 10.8. The van der Waals surface area contributed by atoms with Crippen molar-refractivity contribution in [3.8, 4) is 11.4 Å². The molecule has 1 N–H and O–H groups in total. The summed E-state index contributed by atoms with van der Waals surface area (Å²) in [4.78, 5) is 24.2. The van der Waals surface area contributed by atoms with Crippen molar-refractivity contribution >= 4 is 34.2 Å². The fraction of sp³-hybridized carbons (Fsp3) is 0.200. The molecule has 8 heteroatoms. The molecule has 1 heterocycles. The van der Waals surface area contributed by atoms with Crippen molar-refractivity contribution in [3.63, 3.8) is 0 Å². The SMILES string of the molecule is COc1ccc(-n2c(CCNC(C)=O)nnc2SCC(=O)c2ccc3ccccc3c2)cc1. The second-order valence-corrected chi connectivity index (χ2v) is 8.38. The van der Waals surface area contributed by atoms with Crippen LogP contribution >= 0.6 is 11.8 Å². The standard InChI is InChI=1S/C25H24N4O3S/c1-17(30)26-14-13-24-27-28-25(29(24)21-9-11-22(32-2)12-10-21)33-16-23(31)20-8-7-18-5-3-4-6-19(18)15-20/h3-12,15H,13-14,16H2,1-2H3,(H,26,30). The number of nitrogens with one attached hydrogen (secondary N) is 1. The topological polar surface area (TPSA) is 86.1 Å². The van der Waals surface area contributed by atoms with Crippen LogP contribution in [0.4, 0.5) is 0 Å². The minimum Gasteiger partial charge on any atom is -0.497 e. The molecule has 0 saturated heterocycles. The number of carbonyl (C=O) groups excluding carboxylic acids is 2. The molecule has 1 aromatic heterocycles. The van der Waals surface area contributed by atoms with Gasteiger partial charge in [-0.15, -0.1) is 10.2 Å². The maximum absolute atomic E-state index is 12.9. The Morgan fingerprint density at radius 2 is 1.76 bits per heavy atom. The second-order valence-electron chi connectivity index (χ2n) is 7.44. The maximum Gasteiger partial charge on any atom is 0.216 e. The van der Waals surface area contributed by atoms with E-state index >= 15 is 0 Å². The minimum absolute atomic E-state index is 0.0230. The van der Waals surface area contributed by atoms with E-state index in [1.165, 1.54) is 18.7 Å². The molecule has 0 aliphatic heterocycles. The summed E-state index contributed by atoms with van der Waals surface area (Å²) in [5.74, 6) is 1.61. The Bertz CT molecular complexity index is 1280. The van der Waals surface area contributed by atoms with Gasteiger partial charge in [0.1, 0.15) is 11.6 Å². The Morgan fingerprint density at radius 1 is 1.00 bits per heavy atom. The second kappa shape index (κ2) is 10.3. The smallest absolute Gasteiger partial charge is 0.216 e. The highest BCUT2D eigenvalue weighted by atomic mass is 32.2. The molecule has 0 atom stereocenters. The van der Waals surface area contributed by atoms with Gasteiger partial charge in [-0.25, -0.2) is 0 Å².